The number of benzene rings is 6. The normalized spacial score (nSPS) is 10.8. The summed E-state index contributed by atoms with van der Waals surface area (Å²) in [5, 5.41) is 7.73. The van der Waals surface area contributed by atoms with E-state index in [-0.39, 0.29) is 0 Å². The van der Waals surface area contributed by atoms with E-state index in [1.165, 1.54) is 54.6 Å². The van der Waals surface area contributed by atoms with Crippen molar-refractivity contribution in [1.29, 1.82) is 0 Å². The molecule has 0 N–H and O–H groups in total. The van der Waals surface area contributed by atoms with Crippen LogP contribution in [0.15, 0.2) is 121 Å². The van der Waals surface area contributed by atoms with Gasteiger partial charge in [0.25, 0.3) is 0 Å². The second-order valence-electron chi connectivity index (χ2n) is 7.77. The van der Waals surface area contributed by atoms with Crippen LogP contribution in [0.2, 0.25) is 0 Å². The largest absolute Gasteiger partial charge is 0.0683 e. The van der Waals surface area contributed by atoms with Crippen LogP contribution >= 0.6 is 0 Å². The van der Waals surface area contributed by atoms with Crippen LogP contribution in [0.1, 0.15) is 13.8 Å². The highest BCUT2D eigenvalue weighted by molar-refractivity contribution is 6.21. The molecule has 6 rings (SSSR count). The predicted molar refractivity (Wildman–Crippen MR) is 141 cm³/mol. The monoisotopic (exact) mass is 410 g/mol. The molecule has 0 amide bonds. The van der Waals surface area contributed by atoms with E-state index in [0.717, 1.165) is 0 Å². The van der Waals surface area contributed by atoms with E-state index in [2.05, 4.69) is 121 Å². The number of fused-ring (bicyclic) bond motifs is 3. The topological polar surface area (TPSA) is 0 Å². The fourth-order valence-electron chi connectivity index (χ4n) is 4.70. The highest BCUT2D eigenvalue weighted by Crippen LogP contribution is 2.43. The Bertz CT molecular complexity index is 1470. The average molecular weight is 411 g/mol. The van der Waals surface area contributed by atoms with Crippen molar-refractivity contribution in [3.8, 4) is 22.3 Å². The molecule has 0 aliphatic rings. The summed E-state index contributed by atoms with van der Waals surface area (Å²) in [5.74, 6) is 0. The van der Waals surface area contributed by atoms with Crippen LogP contribution in [0.25, 0.3) is 54.6 Å². The fourth-order valence-corrected chi connectivity index (χ4v) is 4.70. The first-order valence-corrected chi connectivity index (χ1v) is 11.4. The maximum absolute atomic E-state index is 2.33. The lowest BCUT2D eigenvalue weighted by Crippen LogP contribution is -1.90. The first-order chi connectivity index (χ1) is 15.9. The zero-order chi connectivity index (χ0) is 21.9. The van der Waals surface area contributed by atoms with Gasteiger partial charge in [-0.2, -0.15) is 0 Å². The van der Waals surface area contributed by atoms with Gasteiger partial charge in [0.15, 0.2) is 0 Å². The molecule has 154 valence electrons. The lowest BCUT2D eigenvalue weighted by atomic mass is 9.85. The Hall–Kier alpha value is -3.90. The van der Waals surface area contributed by atoms with Gasteiger partial charge >= 0.3 is 0 Å². The summed E-state index contributed by atoms with van der Waals surface area (Å²) in [6, 6.07) is 43.8. The summed E-state index contributed by atoms with van der Waals surface area (Å²) >= 11 is 0. The molecule has 0 nitrogen and oxygen atoms in total. The summed E-state index contributed by atoms with van der Waals surface area (Å²) in [5.41, 5.74) is 5.15. The van der Waals surface area contributed by atoms with E-state index in [0.29, 0.717) is 0 Å². The maximum Gasteiger partial charge on any atom is -0.00262 e. The van der Waals surface area contributed by atoms with Crippen molar-refractivity contribution in [1.82, 2.24) is 0 Å². The van der Waals surface area contributed by atoms with Crippen molar-refractivity contribution < 1.29 is 0 Å². The molecule has 0 aliphatic heterocycles. The lowest BCUT2D eigenvalue weighted by Gasteiger charge is -2.18. The SMILES string of the molecule is CC.c1ccc(-c2c3ccccc3c(-c3ccc4ccccc4c3)c3ccccc23)cc1. The first kappa shape index (κ1) is 20.0. The maximum atomic E-state index is 2.33. The molecule has 0 heterocycles. The van der Waals surface area contributed by atoms with Gasteiger partial charge in [-0.05, 0) is 60.6 Å². The molecule has 0 heteroatoms. The molecule has 0 unspecified atom stereocenters. The van der Waals surface area contributed by atoms with Gasteiger partial charge in [0.1, 0.15) is 0 Å². The van der Waals surface area contributed by atoms with Crippen molar-refractivity contribution in [2.75, 3.05) is 0 Å². The minimum atomic E-state index is 1.26. The van der Waals surface area contributed by atoms with E-state index >= 15 is 0 Å². The van der Waals surface area contributed by atoms with Gasteiger partial charge in [-0.1, -0.05) is 129 Å². The number of rotatable bonds is 2. The van der Waals surface area contributed by atoms with Gasteiger partial charge in [0.2, 0.25) is 0 Å². The van der Waals surface area contributed by atoms with Crippen LogP contribution in [-0.4, -0.2) is 0 Å². The molecule has 0 radical (unpaired) electrons. The molecular formula is C32H26. The van der Waals surface area contributed by atoms with Crippen LogP contribution in [0, 0.1) is 0 Å². The van der Waals surface area contributed by atoms with E-state index in [4.69, 9.17) is 0 Å². The van der Waals surface area contributed by atoms with Crippen LogP contribution < -0.4 is 0 Å². The van der Waals surface area contributed by atoms with Crippen molar-refractivity contribution >= 4 is 32.3 Å². The number of hydrogen-bond donors (Lipinski definition) is 0. The molecule has 0 aliphatic carbocycles. The van der Waals surface area contributed by atoms with Gasteiger partial charge in [-0.25, -0.2) is 0 Å². The molecule has 6 aromatic rings. The smallest absolute Gasteiger partial charge is 0.00262 e. The van der Waals surface area contributed by atoms with E-state index in [1.807, 2.05) is 13.8 Å². The minimum Gasteiger partial charge on any atom is -0.0683 e. The molecule has 0 saturated heterocycles. The van der Waals surface area contributed by atoms with E-state index in [1.54, 1.807) is 0 Å². The Kier molecular flexibility index (Phi) is 5.44. The Balaban J connectivity index is 0.00000105. The van der Waals surface area contributed by atoms with Crippen molar-refractivity contribution in [3.63, 3.8) is 0 Å². The Labute approximate surface area is 189 Å². The third-order valence-corrected chi connectivity index (χ3v) is 6.03. The zero-order valence-electron chi connectivity index (χ0n) is 18.5. The standard InChI is InChI=1S/C30H20.C2H6/c1-2-11-22(12-3-1)29-25-14-6-8-16-27(25)30(28-17-9-7-15-26(28)29)24-19-18-21-10-4-5-13-23(21)20-24;1-2/h1-20H;1-2H3. The molecule has 0 spiro atoms. The summed E-state index contributed by atoms with van der Waals surface area (Å²) in [7, 11) is 0. The van der Waals surface area contributed by atoms with Gasteiger partial charge in [-0.3, -0.25) is 0 Å². The molecule has 0 saturated carbocycles. The minimum absolute atomic E-state index is 1.26. The Morgan fingerprint density at radius 2 is 0.781 bits per heavy atom. The highest BCUT2D eigenvalue weighted by atomic mass is 14.2. The zero-order valence-corrected chi connectivity index (χ0v) is 18.5. The highest BCUT2D eigenvalue weighted by Gasteiger charge is 2.16. The molecular weight excluding hydrogens is 384 g/mol. The summed E-state index contributed by atoms with van der Waals surface area (Å²) in [4.78, 5) is 0. The fraction of sp³-hybridized carbons (Fsp3) is 0.0625. The lowest BCUT2D eigenvalue weighted by molar-refractivity contribution is 1.50. The Morgan fingerprint density at radius 3 is 1.34 bits per heavy atom. The average Bonchev–Trinajstić information content (AvgIpc) is 2.88. The summed E-state index contributed by atoms with van der Waals surface area (Å²) in [6.07, 6.45) is 0. The molecule has 0 bridgehead atoms. The third kappa shape index (κ3) is 3.35. The van der Waals surface area contributed by atoms with Crippen LogP contribution in [0.3, 0.4) is 0 Å². The van der Waals surface area contributed by atoms with Gasteiger partial charge in [0, 0.05) is 0 Å². The third-order valence-electron chi connectivity index (χ3n) is 6.03. The van der Waals surface area contributed by atoms with Crippen LogP contribution in [0.4, 0.5) is 0 Å². The predicted octanol–water partition coefficient (Wildman–Crippen LogP) is 9.51. The summed E-state index contributed by atoms with van der Waals surface area (Å²) < 4.78 is 0. The van der Waals surface area contributed by atoms with Gasteiger partial charge in [0.05, 0.1) is 0 Å². The second kappa shape index (κ2) is 8.69. The van der Waals surface area contributed by atoms with E-state index in [9.17, 15) is 0 Å². The quantitative estimate of drug-likeness (QED) is 0.249. The van der Waals surface area contributed by atoms with Crippen LogP contribution in [0.5, 0.6) is 0 Å². The van der Waals surface area contributed by atoms with Crippen molar-refractivity contribution in [3.05, 3.63) is 121 Å². The summed E-state index contributed by atoms with van der Waals surface area (Å²) in [6.45, 7) is 4.00. The van der Waals surface area contributed by atoms with Crippen LogP contribution in [-0.2, 0) is 0 Å². The first-order valence-electron chi connectivity index (χ1n) is 11.4. The van der Waals surface area contributed by atoms with Gasteiger partial charge < -0.3 is 0 Å². The Morgan fingerprint density at radius 1 is 0.344 bits per heavy atom. The molecule has 6 aromatic carbocycles. The second-order valence-corrected chi connectivity index (χ2v) is 7.77. The van der Waals surface area contributed by atoms with E-state index < -0.39 is 0 Å². The molecule has 0 atom stereocenters. The molecule has 0 aromatic heterocycles. The van der Waals surface area contributed by atoms with Crippen molar-refractivity contribution in [2.45, 2.75) is 13.8 Å². The molecule has 32 heavy (non-hydrogen) atoms. The van der Waals surface area contributed by atoms with Gasteiger partial charge in [-0.15, -0.1) is 0 Å². The van der Waals surface area contributed by atoms with Crippen molar-refractivity contribution in [2.24, 2.45) is 0 Å². The molecule has 0 fully saturated rings. The number of hydrogen-bond acceptors (Lipinski definition) is 0.